The molecule has 16 nitrogen and oxygen atoms in total. The topological polar surface area (TPSA) is 223 Å². The minimum Gasteiger partial charge on any atom is -0.359 e. The Labute approximate surface area is 220 Å². The molecule has 0 radical (unpaired) electrons. The molecule has 0 saturated carbocycles. The molecule has 0 aromatic carbocycles. The van der Waals surface area contributed by atoms with Crippen LogP contribution in [0.4, 0.5) is 11.6 Å². The average molecular weight is 609 g/mol. The van der Waals surface area contributed by atoms with Crippen LogP contribution in [0, 0.1) is 18.3 Å². The van der Waals surface area contributed by atoms with E-state index >= 15 is 0 Å². The van der Waals surface area contributed by atoms with E-state index in [9.17, 15) is 30.5 Å². The molecule has 0 saturated heterocycles. The van der Waals surface area contributed by atoms with Gasteiger partial charge < -0.3 is 9.80 Å². The van der Waals surface area contributed by atoms with Gasteiger partial charge in [-0.05, 0) is 18.6 Å². The highest BCUT2D eigenvalue weighted by molar-refractivity contribution is 7.91. The summed E-state index contributed by atoms with van der Waals surface area (Å²) in [6, 6.07) is 3.61. The first-order valence-electron chi connectivity index (χ1n) is 10.2. The van der Waals surface area contributed by atoms with Gasteiger partial charge in [-0.1, -0.05) is 5.04 Å². The Morgan fingerprint density at radius 1 is 1.00 bits per heavy atom. The first kappa shape index (κ1) is 33.2. The summed E-state index contributed by atoms with van der Waals surface area (Å²) < 4.78 is 91.3. The van der Waals surface area contributed by atoms with Gasteiger partial charge in [-0.3, -0.25) is 8.74 Å². The lowest BCUT2D eigenvalue weighted by Gasteiger charge is -2.24. The monoisotopic (exact) mass is 608 g/mol. The van der Waals surface area contributed by atoms with E-state index in [1.54, 1.807) is 24.9 Å². The summed E-state index contributed by atoms with van der Waals surface area (Å²) >= 11 is 0.268. The van der Waals surface area contributed by atoms with Gasteiger partial charge in [-0.15, -0.1) is 4.33 Å². The second-order valence-electron chi connectivity index (χ2n) is 7.54. The number of pyridine rings is 1. The van der Waals surface area contributed by atoms with Gasteiger partial charge in [0.25, 0.3) is 0 Å². The van der Waals surface area contributed by atoms with Crippen molar-refractivity contribution < 1.29 is 52.8 Å². The predicted molar refractivity (Wildman–Crippen MR) is 133 cm³/mol. The summed E-state index contributed by atoms with van der Waals surface area (Å²) in [5, 5.41) is 20.9. The first-order valence-corrected chi connectivity index (χ1v) is 15.9. The molecular formula is C17H28N4O12S4. The predicted octanol–water partition coefficient (Wildman–Crippen LogP) is -0.216. The third-order valence-electron chi connectivity index (χ3n) is 4.73. The maximum atomic E-state index is 12.2. The minimum atomic E-state index is -4.76. The third kappa shape index (κ3) is 13.0. The SMILES string of the molecule is Cc1cc(N(C)CCS(=O)(=O)CCOSOOO)nc(N(C)CCS(=O)(=O)CCOS(=O)(=O)O)c1C#N. The van der Waals surface area contributed by atoms with Gasteiger partial charge in [-0.2, -0.15) is 13.7 Å². The molecular weight excluding hydrogens is 580 g/mol. The highest BCUT2D eigenvalue weighted by atomic mass is 32.3. The second kappa shape index (κ2) is 15.0. The maximum absolute atomic E-state index is 12.2. The molecule has 0 bridgehead atoms. The smallest absolute Gasteiger partial charge is 0.359 e. The number of rotatable bonds is 18. The lowest BCUT2D eigenvalue weighted by Crippen LogP contribution is -2.31. The van der Waals surface area contributed by atoms with Crippen LogP contribution in [0.5, 0.6) is 0 Å². The number of aryl methyl sites for hydroxylation is 1. The van der Waals surface area contributed by atoms with Crippen LogP contribution >= 0.6 is 12.3 Å². The Balaban J connectivity index is 2.87. The summed E-state index contributed by atoms with van der Waals surface area (Å²) in [5.74, 6) is -1.11. The lowest BCUT2D eigenvalue weighted by molar-refractivity contribution is -0.434. The Morgan fingerprint density at radius 3 is 2.11 bits per heavy atom. The standard InChI is InChI=1S/C17H28N4O12S4/c1-14-12-16(20(2)4-8-35(23,24)10-6-30-34-33-32-22)19-17(15(14)13-18)21(3)5-9-36(25,26)11-7-31-37(27,28)29/h12,22H,4-11H2,1-3H3,(H,27,28,29). The highest BCUT2D eigenvalue weighted by Crippen LogP contribution is 2.25. The van der Waals surface area contributed by atoms with Gasteiger partial charge in [0.15, 0.2) is 32.0 Å². The molecule has 37 heavy (non-hydrogen) atoms. The van der Waals surface area contributed by atoms with Gasteiger partial charge in [-0.25, -0.2) is 31.3 Å². The molecule has 0 aliphatic carbocycles. The minimum absolute atomic E-state index is 0.0510. The van der Waals surface area contributed by atoms with Crippen molar-refractivity contribution >= 4 is 54.0 Å². The van der Waals surface area contributed by atoms with Crippen LogP contribution in [0.1, 0.15) is 11.1 Å². The average Bonchev–Trinajstić information content (AvgIpc) is 2.79. The van der Waals surface area contributed by atoms with E-state index in [1.807, 2.05) is 6.07 Å². The van der Waals surface area contributed by atoms with Crippen LogP contribution in [0.15, 0.2) is 6.07 Å². The maximum Gasteiger partial charge on any atom is 0.397 e. The van der Waals surface area contributed by atoms with Crippen molar-refractivity contribution in [3.05, 3.63) is 17.2 Å². The van der Waals surface area contributed by atoms with E-state index in [0.29, 0.717) is 11.4 Å². The van der Waals surface area contributed by atoms with Crippen LogP contribution in [0.25, 0.3) is 0 Å². The fourth-order valence-corrected chi connectivity index (χ4v) is 5.63. The van der Waals surface area contributed by atoms with Gasteiger partial charge in [0.2, 0.25) is 0 Å². The van der Waals surface area contributed by atoms with Crippen molar-refractivity contribution in [3.8, 4) is 6.07 Å². The van der Waals surface area contributed by atoms with Crippen LogP contribution in [0.3, 0.4) is 0 Å². The molecule has 1 aromatic heterocycles. The van der Waals surface area contributed by atoms with E-state index in [-0.39, 0.29) is 54.9 Å². The first-order chi connectivity index (χ1) is 17.1. The number of sulfone groups is 2. The number of nitrogens with zero attached hydrogens (tertiary/aromatic N) is 4. The number of aromatic nitrogens is 1. The zero-order chi connectivity index (χ0) is 28.3. The van der Waals surface area contributed by atoms with Crippen molar-refractivity contribution in [2.75, 3.05) is 73.2 Å². The fraction of sp³-hybridized carbons (Fsp3) is 0.647. The van der Waals surface area contributed by atoms with E-state index in [4.69, 9.17) is 14.0 Å². The molecule has 212 valence electrons. The van der Waals surface area contributed by atoms with Gasteiger partial charge >= 0.3 is 10.4 Å². The van der Waals surface area contributed by atoms with E-state index < -0.39 is 48.2 Å². The van der Waals surface area contributed by atoms with Gasteiger partial charge in [0, 0.05) is 27.2 Å². The zero-order valence-corrected chi connectivity index (χ0v) is 23.4. The van der Waals surface area contributed by atoms with Crippen molar-refractivity contribution in [1.29, 1.82) is 5.26 Å². The fourth-order valence-electron chi connectivity index (χ4n) is 2.72. The van der Waals surface area contributed by atoms with Crippen molar-refractivity contribution in [1.82, 2.24) is 4.98 Å². The molecule has 0 fully saturated rings. The largest absolute Gasteiger partial charge is 0.397 e. The van der Waals surface area contributed by atoms with Crippen LogP contribution < -0.4 is 9.80 Å². The molecule has 1 rings (SSSR count). The number of nitriles is 1. The Morgan fingerprint density at radius 2 is 1.57 bits per heavy atom. The molecule has 2 N–H and O–H groups in total. The molecule has 0 spiro atoms. The number of hydrogen-bond acceptors (Lipinski definition) is 16. The Hall–Kier alpha value is -1.80. The van der Waals surface area contributed by atoms with E-state index in [0.717, 1.165) is 0 Å². The molecule has 0 aliphatic rings. The third-order valence-corrected chi connectivity index (χ3v) is 8.76. The van der Waals surface area contributed by atoms with Crippen LogP contribution in [0.2, 0.25) is 0 Å². The lowest BCUT2D eigenvalue weighted by atomic mass is 10.1. The van der Waals surface area contributed by atoms with Crippen LogP contribution in [-0.4, -0.2) is 103 Å². The molecule has 20 heteroatoms. The molecule has 1 aromatic rings. The van der Waals surface area contributed by atoms with Crippen LogP contribution in [-0.2, 0) is 47.8 Å². The molecule has 0 amide bonds. The summed E-state index contributed by atoms with van der Waals surface area (Å²) in [5.41, 5.74) is 0.730. The molecule has 1 heterocycles. The van der Waals surface area contributed by atoms with Crippen molar-refractivity contribution in [3.63, 3.8) is 0 Å². The van der Waals surface area contributed by atoms with Crippen molar-refractivity contribution in [2.24, 2.45) is 0 Å². The highest BCUT2D eigenvalue weighted by Gasteiger charge is 2.20. The summed E-state index contributed by atoms with van der Waals surface area (Å²) in [6.07, 6.45) is 0. The van der Waals surface area contributed by atoms with Gasteiger partial charge in [0.05, 0.1) is 41.8 Å². The number of hydrogen-bond donors (Lipinski definition) is 2. The summed E-state index contributed by atoms with van der Waals surface area (Å²) in [6.45, 7) is 0.649. The summed E-state index contributed by atoms with van der Waals surface area (Å²) in [7, 11) is -8.93. The Bertz CT molecular complexity index is 1250. The quantitative estimate of drug-likeness (QED) is 0.0722. The molecule has 0 unspecified atom stereocenters. The van der Waals surface area contributed by atoms with E-state index in [2.05, 4.69) is 18.5 Å². The van der Waals surface area contributed by atoms with Gasteiger partial charge in [0.1, 0.15) is 17.7 Å². The normalized spacial score (nSPS) is 12.3. The zero-order valence-electron chi connectivity index (χ0n) is 20.1. The second-order valence-corrected chi connectivity index (χ2v) is 13.7. The van der Waals surface area contributed by atoms with E-state index in [1.165, 1.54) is 11.9 Å². The Kier molecular flexibility index (Phi) is 13.4. The van der Waals surface area contributed by atoms with Crippen molar-refractivity contribution in [2.45, 2.75) is 6.92 Å². The number of anilines is 2. The molecule has 0 atom stereocenters. The summed E-state index contributed by atoms with van der Waals surface area (Å²) in [4.78, 5) is 7.42. The molecule has 0 aliphatic heterocycles.